The Hall–Kier alpha value is -1.38. The Morgan fingerprint density at radius 3 is 2.97 bits per heavy atom. The molecule has 2 N–H and O–H groups in total. The number of amides is 2. The number of rotatable bonds is 11. The van der Waals surface area contributed by atoms with Crippen LogP contribution in [-0.2, 0) is 39.3 Å². The number of carbonyl (C=O) groups is 1. The van der Waals surface area contributed by atoms with Crippen molar-refractivity contribution in [1.29, 1.82) is 0 Å². The van der Waals surface area contributed by atoms with Gasteiger partial charge in [0, 0.05) is 50.3 Å². The van der Waals surface area contributed by atoms with Crippen molar-refractivity contribution in [3.05, 3.63) is 51.9 Å². The Labute approximate surface area is 223 Å². The fourth-order valence-electron chi connectivity index (χ4n) is 4.44. The van der Waals surface area contributed by atoms with Crippen LogP contribution in [0.1, 0.15) is 50.5 Å². The summed E-state index contributed by atoms with van der Waals surface area (Å²) in [7, 11) is 0. The van der Waals surface area contributed by atoms with E-state index in [1.807, 2.05) is 36.9 Å². The van der Waals surface area contributed by atoms with Gasteiger partial charge in [-0.05, 0) is 37.5 Å². The normalized spacial score (nSPS) is 21.7. The molecular weight excluding hydrogens is 513 g/mol. The SMILES string of the molecule is Cc1ccc2oc(=O)n(CCCCC(=[N-])C=[C-]CCCC[C@@H]3SC[C@@H]4NC(=O)N[C@@H]43)c2c1.[Y]. The number of unbranched alkanes of at least 4 members (excludes halogenated alkanes) is 3. The van der Waals surface area contributed by atoms with Crippen LogP contribution in [0.5, 0.6) is 0 Å². The molecule has 7 nitrogen and oxygen atoms in total. The van der Waals surface area contributed by atoms with Crippen molar-refractivity contribution < 1.29 is 41.9 Å². The molecule has 2 amide bonds. The second kappa shape index (κ2) is 12.4. The van der Waals surface area contributed by atoms with Crippen molar-refractivity contribution >= 4 is 34.6 Å². The second-order valence-electron chi connectivity index (χ2n) is 8.66. The van der Waals surface area contributed by atoms with E-state index >= 15 is 0 Å². The zero-order valence-corrected chi connectivity index (χ0v) is 22.7. The Kier molecular flexibility index (Phi) is 9.83. The van der Waals surface area contributed by atoms with Crippen molar-refractivity contribution in [2.45, 2.75) is 75.7 Å². The molecule has 0 unspecified atom stereocenters. The van der Waals surface area contributed by atoms with Crippen LogP contribution in [0.4, 0.5) is 4.79 Å². The van der Waals surface area contributed by atoms with Crippen LogP contribution in [0.25, 0.3) is 16.5 Å². The van der Waals surface area contributed by atoms with Crippen LogP contribution in [0.3, 0.4) is 0 Å². The van der Waals surface area contributed by atoms with Gasteiger partial charge in [0.2, 0.25) is 0 Å². The summed E-state index contributed by atoms with van der Waals surface area (Å²) in [5, 5.41) is 16.6. The predicted octanol–water partition coefficient (Wildman–Crippen LogP) is 4.17. The van der Waals surface area contributed by atoms with Gasteiger partial charge in [0.1, 0.15) is 0 Å². The van der Waals surface area contributed by atoms with Gasteiger partial charge in [0.15, 0.2) is 5.58 Å². The number of urea groups is 1. The molecule has 175 valence electrons. The van der Waals surface area contributed by atoms with E-state index in [-0.39, 0.29) is 56.6 Å². The first-order valence-electron chi connectivity index (χ1n) is 11.4. The van der Waals surface area contributed by atoms with Gasteiger partial charge in [0.05, 0.1) is 17.6 Å². The maximum Gasteiger partial charge on any atom is 0.419 e. The summed E-state index contributed by atoms with van der Waals surface area (Å²) in [6, 6.07) is 6.24. The van der Waals surface area contributed by atoms with Gasteiger partial charge in [-0.2, -0.15) is 11.8 Å². The summed E-state index contributed by atoms with van der Waals surface area (Å²) in [6.07, 6.45) is 11.0. The molecule has 9 heteroatoms. The zero-order valence-electron chi connectivity index (χ0n) is 19.0. The van der Waals surface area contributed by atoms with E-state index in [9.17, 15) is 15.0 Å². The molecule has 1 aromatic heterocycles. The van der Waals surface area contributed by atoms with E-state index in [2.05, 4.69) is 16.7 Å². The van der Waals surface area contributed by atoms with Crippen LogP contribution in [0, 0.1) is 13.0 Å². The number of benzene rings is 1. The Morgan fingerprint density at radius 2 is 2.12 bits per heavy atom. The summed E-state index contributed by atoms with van der Waals surface area (Å²) >= 11 is 1.94. The smallest absolute Gasteiger partial charge is 0.419 e. The number of aryl methyl sites for hydroxylation is 2. The second-order valence-corrected chi connectivity index (χ2v) is 9.93. The van der Waals surface area contributed by atoms with Crippen LogP contribution in [0.2, 0.25) is 0 Å². The number of allylic oxidation sites excluding steroid dienone is 2. The number of oxazole rings is 1. The van der Waals surface area contributed by atoms with Crippen LogP contribution < -0.4 is 16.4 Å². The number of nitrogens with zero attached hydrogens (tertiary/aromatic N) is 2. The van der Waals surface area contributed by atoms with Gasteiger partial charge < -0.3 is 26.2 Å². The first kappa shape index (κ1) is 26.2. The van der Waals surface area contributed by atoms with E-state index in [1.54, 1.807) is 10.6 Å². The molecule has 1 radical (unpaired) electrons. The van der Waals surface area contributed by atoms with Crippen LogP contribution >= 0.6 is 11.8 Å². The van der Waals surface area contributed by atoms with E-state index in [1.165, 1.54) is 0 Å². The number of nitrogens with one attached hydrogen (secondary N) is 2. The van der Waals surface area contributed by atoms with Gasteiger partial charge in [-0.15, -0.1) is 12.8 Å². The molecule has 0 bridgehead atoms. The largest absolute Gasteiger partial charge is 0.908 e. The molecule has 2 fully saturated rings. The van der Waals surface area contributed by atoms with Gasteiger partial charge >= 0.3 is 11.8 Å². The zero-order chi connectivity index (χ0) is 22.5. The summed E-state index contributed by atoms with van der Waals surface area (Å²) in [6.45, 7) is 2.57. The van der Waals surface area contributed by atoms with Crippen LogP contribution in [-0.4, -0.2) is 39.4 Å². The van der Waals surface area contributed by atoms with E-state index in [0.29, 0.717) is 29.5 Å². The molecule has 0 aliphatic carbocycles. The minimum absolute atomic E-state index is 0. The number of hydrogen-bond donors (Lipinski definition) is 2. The van der Waals surface area contributed by atoms with E-state index < -0.39 is 0 Å². The molecule has 2 aliphatic heterocycles. The number of carbonyl (C=O) groups excluding carboxylic acids is 1. The minimum atomic E-state index is -0.329. The molecule has 4 rings (SSSR count). The number of hydrogen-bond acceptors (Lipinski definition) is 4. The fraction of sp³-hybridized carbons (Fsp3) is 0.542. The van der Waals surface area contributed by atoms with Crippen molar-refractivity contribution in [3.63, 3.8) is 0 Å². The summed E-state index contributed by atoms with van der Waals surface area (Å²) in [4.78, 5) is 23.5. The summed E-state index contributed by atoms with van der Waals surface area (Å²) in [5.74, 6) is 0.665. The first-order chi connectivity index (χ1) is 15.5. The maximum atomic E-state index is 12.1. The van der Waals surface area contributed by atoms with E-state index in [0.717, 1.165) is 55.4 Å². The molecule has 0 spiro atoms. The fourth-order valence-corrected chi connectivity index (χ4v) is 5.98. The van der Waals surface area contributed by atoms with Crippen LogP contribution in [0.15, 0.2) is 33.5 Å². The monoisotopic (exact) mass is 543 g/mol. The third kappa shape index (κ3) is 6.83. The molecular formula is C24H30N4O3SY-2. The molecule has 33 heavy (non-hydrogen) atoms. The molecule has 0 saturated carbocycles. The van der Waals surface area contributed by atoms with Crippen molar-refractivity contribution in [3.8, 4) is 0 Å². The van der Waals surface area contributed by atoms with Crippen molar-refractivity contribution in [2.24, 2.45) is 0 Å². The molecule has 3 atom stereocenters. The van der Waals surface area contributed by atoms with E-state index in [4.69, 9.17) is 4.42 Å². The summed E-state index contributed by atoms with van der Waals surface area (Å²) < 4.78 is 6.95. The third-order valence-corrected chi connectivity index (χ3v) is 7.66. The number of fused-ring (bicyclic) bond motifs is 2. The molecule has 2 saturated heterocycles. The maximum absolute atomic E-state index is 12.1. The van der Waals surface area contributed by atoms with Gasteiger partial charge in [0.25, 0.3) is 0 Å². The Morgan fingerprint density at radius 1 is 1.27 bits per heavy atom. The summed E-state index contributed by atoms with van der Waals surface area (Å²) in [5.41, 5.74) is 2.87. The number of aromatic nitrogens is 1. The average Bonchev–Trinajstić information content (AvgIpc) is 3.40. The molecule has 3 heterocycles. The minimum Gasteiger partial charge on any atom is -0.908 e. The third-order valence-electron chi connectivity index (χ3n) is 6.15. The van der Waals surface area contributed by atoms with Gasteiger partial charge in [-0.3, -0.25) is 16.7 Å². The van der Waals surface area contributed by atoms with Crippen molar-refractivity contribution in [2.75, 3.05) is 5.75 Å². The predicted molar refractivity (Wildman–Crippen MR) is 129 cm³/mol. The quantitative estimate of drug-likeness (QED) is 0.192. The standard InChI is InChI=1S/C24H30N4O3S.Y/c1-16-11-12-20-19(14-16)28(24(30)31-20)13-7-6-9-17(25)8-4-2-3-5-10-21-22-18(15-32-21)26-23(29)27-22;/h8,11-12,14,18,21-22H,2-3,5-7,9-10,13,15H2,1H3,(H2,26,27,29);/q-2;/t18-,21-,22-;/m0./s1. The first-order valence-corrected chi connectivity index (χ1v) is 12.5. The van der Waals surface area contributed by atoms with Crippen molar-refractivity contribution in [1.82, 2.24) is 15.2 Å². The Balaban J connectivity index is 0.00000306. The molecule has 2 aromatic rings. The molecule has 1 aromatic carbocycles. The number of thioether (sulfide) groups is 1. The van der Waals surface area contributed by atoms with Gasteiger partial charge in [-0.25, -0.2) is 9.59 Å². The Bertz CT molecular complexity index is 1060. The molecule has 2 aliphatic rings. The topological polar surface area (TPSA) is 98.6 Å². The van der Waals surface area contributed by atoms with Gasteiger partial charge in [-0.1, -0.05) is 25.3 Å². The average molecular weight is 544 g/mol.